The Labute approximate surface area is 134 Å². The Kier molecular flexibility index (Phi) is 3.84. The summed E-state index contributed by atoms with van der Waals surface area (Å²) in [6.07, 6.45) is 6.25. The van der Waals surface area contributed by atoms with E-state index in [4.69, 9.17) is 4.98 Å². The summed E-state index contributed by atoms with van der Waals surface area (Å²) in [4.78, 5) is 20.7. The molecule has 116 valence electrons. The van der Waals surface area contributed by atoms with E-state index < -0.39 is 0 Å². The number of hydrogen-bond donors (Lipinski definition) is 0. The summed E-state index contributed by atoms with van der Waals surface area (Å²) in [5.74, 6) is 0. The minimum absolute atomic E-state index is 0.692. The number of aldehydes is 1. The molecule has 0 N–H and O–H groups in total. The number of aromatic nitrogens is 1. The molecule has 0 saturated carbocycles. The van der Waals surface area contributed by atoms with Gasteiger partial charge in [0.05, 0.1) is 10.2 Å². The largest absolute Gasteiger partial charge is 0.346 e. The molecule has 0 bridgehead atoms. The first kappa shape index (κ1) is 14.2. The highest BCUT2D eigenvalue weighted by molar-refractivity contribution is 7.22. The van der Waals surface area contributed by atoms with Crippen molar-refractivity contribution in [2.24, 2.45) is 0 Å². The number of benzene rings is 1. The Morgan fingerprint density at radius 3 is 2.86 bits per heavy atom. The van der Waals surface area contributed by atoms with Crippen LogP contribution in [0.25, 0.3) is 10.2 Å². The van der Waals surface area contributed by atoms with Gasteiger partial charge in [-0.3, -0.25) is 9.69 Å². The number of nitrogens with zero attached hydrogens (tertiary/aromatic N) is 3. The second kappa shape index (κ2) is 5.97. The number of likely N-dealkylation sites (tertiary alicyclic amines) is 1. The van der Waals surface area contributed by atoms with Gasteiger partial charge in [0.15, 0.2) is 5.13 Å². The van der Waals surface area contributed by atoms with E-state index in [0.717, 1.165) is 40.3 Å². The molecule has 5 heteroatoms. The van der Waals surface area contributed by atoms with Gasteiger partial charge in [-0.15, -0.1) is 0 Å². The second-order valence-corrected chi connectivity index (χ2v) is 7.34. The van der Waals surface area contributed by atoms with E-state index in [1.165, 1.54) is 38.8 Å². The summed E-state index contributed by atoms with van der Waals surface area (Å²) in [7, 11) is 0. The standard InChI is InChI=1S/C17H21N3OS/c21-12-13-4-5-15-16(10-13)22-17(18-15)20-9-6-14(11-20)19-7-2-1-3-8-19/h4-5,10,12,14H,1-3,6-9,11H2. The van der Waals surface area contributed by atoms with E-state index >= 15 is 0 Å². The third-order valence-corrected chi connectivity index (χ3v) is 5.96. The van der Waals surface area contributed by atoms with Gasteiger partial charge in [-0.25, -0.2) is 4.98 Å². The molecule has 1 aromatic heterocycles. The van der Waals surface area contributed by atoms with E-state index in [2.05, 4.69) is 9.80 Å². The maximum absolute atomic E-state index is 10.9. The highest BCUT2D eigenvalue weighted by Gasteiger charge is 2.29. The number of carbonyl (C=O) groups excluding carboxylic acids is 1. The maximum atomic E-state index is 10.9. The number of anilines is 1. The van der Waals surface area contributed by atoms with Crippen LogP contribution in [0.2, 0.25) is 0 Å². The van der Waals surface area contributed by atoms with Crippen molar-refractivity contribution in [2.75, 3.05) is 31.1 Å². The van der Waals surface area contributed by atoms with Gasteiger partial charge < -0.3 is 4.90 Å². The van der Waals surface area contributed by atoms with Crippen molar-refractivity contribution in [3.8, 4) is 0 Å². The fourth-order valence-corrected chi connectivity index (χ4v) is 4.68. The Hall–Kier alpha value is -1.46. The molecule has 3 heterocycles. The smallest absolute Gasteiger partial charge is 0.186 e. The Morgan fingerprint density at radius 1 is 1.18 bits per heavy atom. The van der Waals surface area contributed by atoms with Crippen molar-refractivity contribution in [3.63, 3.8) is 0 Å². The lowest BCUT2D eigenvalue weighted by Crippen LogP contribution is -2.40. The van der Waals surface area contributed by atoms with Crippen LogP contribution in [0, 0.1) is 0 Å². The summed E-state index contributed by atoms with van der Waals surface area (Å²) in [5.41, 5.74) is 1.74. The first-order valence-electron chi connectivity index (χ1n) is 8.18. The molecule has 2 saturated heterocycles. The van der Waals surface area contributed by atoms with Crippen molar-refractivity contribution in [1.29, 1.82) is 0 Å². The van der Waals surface area contributed by atoms with Crippen LogP contribution in [0.4, 0.5) is 5.13 Å². The topological polar surface area (TPSA) is 36.4 Å². The maximum Gasteiger partial charge on any atom is 0.186 e. The summed E-state index contributed by atoms with van der Waals surface area (Å²) < 4.78 is 1.11. The molecular weight excluding hydrogens is 294 g/mol. The first-order valence-corrected chi connectivity index (χ1v) is 9.00. The third-order valence-electron chi connectivity index (χ3n) is 4.88. The molecule has 0 radical (unpaired) electrons. The number of thiazole rings is 1. The van der Waals surface area contributed by atoms with Gasteiger partial charge in [0.25, 0.3) is 0 Å². The minimum atomic E-state index is 0.692. The fourth-order valence-electron chi connectivity index (χ4n) is 3.63. The normalized spacial score (nSPS) is 23.3. The summed E-state index contributed by atoms with van der Waals surface area (Å²) in [6, 6.07) is 6.44. The molecule has 1 aromatic carbocycles. The average Bonchev–Trinajstić information content (AvgIpc) is 3.21. The summed E-state index contributed by atoms with van der Waals surface area (Å²) >= 11 is 1.71. The van der Waals surface area contributed by atoms with Gasteiger partial charge >= 0.3 is 0 Å². The molecule has 0 amide bonds. The lowest BCUT2D eigenvalue weighted by Gasteiger charge is -2.32. The van der Waals surface area contributed by atoms with Crippen LogP contribution in [-0.2, 0) is 0 Å². The lowest BCUT2D eigenvalue weighted by molar-refractivity contribution is 0.112. The summed E-state index contributed by atoms with van der Waals surface area (Å²) in [5, 5.41) is 1.11. The Morgan fingerprint density at radius 2 is 2.05 bits per heavy atom. The first-order chi connectivity index (χ1) is 10.8. The van der Waals surface area contributed by atoms with Crippen LogP contribution in [-0.4, -0.2) is 48.4 Å². The molecule has 2 aliphatic rings. The minimum Gasteiger partial charge on any atom is -0.346 e. The predicted molar refractivity (Wildman–Crippen MR) is 91.0 cm³/mol. The van der Waals surface area contributed by atoms with Gasteiger partial charge in [-0.1, -0.05) is 17.8 Å². The van der Waals surface area contributed by atoms with Gasteiger partial charge in [-0.05, 0) is 50.6 Å². The van der Waals surface area contributed by atoms with Crippen molar-refractivity contribution in [3.05, 3.63) is 23.8 Å². The number of fused-ring (bicyclic) bond motifs is 1. The number of piperidine rings is 1. The molecule has 0 aliphatic carbocycles. The fraction of sp³-hybridized carbons (Fsp3) is 0.529. The van der Waals surface area contributed by atoms with Gasteiger partial charge in [0.1, 0.15) is 6.29 Å². The molecular formula is C17H21N3OS. The van der Waals surface area contributed by atoms with Crippen molar-refractivity contribution in [2.45, 2.75) is 31.7 Å². The zero-order valence-electron chi connectivity index (χ0n) is 12.7. The molecule has 2 aliphatic heterocycles. The van der Waals surface area contributed by atoms with E-state index in [1.54, 1.807) is 11.3 Å². The van der Waals surface area contributed by atoms with E-state index in [0.29, 0.717) is 6.04 Å². The molecule has 1 atom stereocenters. The third kappa shape index (κ3) is 2.63. The van der Waals surface area contributed by atoms with Crippen LogP contribution in [0.15, 0.2) is 18.2 Å². The zero-order valence-corrected chi connectivity index (χ0v) is 13.5. The highest BCUT2D eigenvalue weighted by atomic mass is 32.1. The number of hydrogen-bond acceptors (Lipinski definition) is 5. The van der Waals surface area contributed by atoms with Crippen LogP contribution < -0.4 is 4.90 Å². The molecule has 1 unspecified atom stereocenters. The molecule has 4 rings (SSSR count). The van der Waals surface area contributed by atoms with Crippen LogP contribution in [0.3, 0.4) is 0 Å². The SMILES string of the molecule is O=Cc1ccc2nc(N3CCC(N4CCCCC4)C3)sc2c1. The van der Waals surface area contributed by atoms with E-state index in [9.17, 15) is 4.79 Å². The number of carbonyl (C=O) groups is 1. The van der Waals surface area contributed by atoms with Crippen LogP contribution in [0.5, 0.6) is 0 Å². The van der Waals surface area contributed by atoms with Gasteiger partial charge in [0.2, 0.25) is 0 Å². The quantitative estimate of drug-likeness (QED) is 0.815. The molecule has 0 spiro atoms. The Bertz CT molecular complexity index is 678. The number of rotatable bonds is 3. The second-order valence-electron chi connectivity index (χ2n) is 6.33. The van der Waals surface area contributed by atoms with Crippen molar-refractivity contribution >= 4 is 33.0 Å². The lowest BCUT2D eigenvalue weighted by atomic mass is 10.1. The Balaban J connectivity index is 1.51. The van der Waals surface area contributed by atoms with Crippen LogP contribution >= 0.6 is 11.3 Å². The zero-order chi connectivity index (χ0) is 14.9. The van der Waals surface area contributed by atoms with Gasteiger partial charge in [-0.2, -0.15) is 0 Å². The monoisotopic (exact) mass is 315 g/mol. The highest BCUT2D eigenvalue weighted by Crippen LogP contribution is 2.32. The van der Waals surface area contributed by atoms with E-state index in [-0.39, 0.29) is 0 Å². The molecule has 22 heavy (non-hydrogen) atoms. The van der Waals surface area contributed by atoms with Gasteiger partial charge in [0, 0.05) is 24.7 Å². The van der Waals surface area contributed by atoms with Crippen molar-refractivity contribution < 1.29 is 4.79 Å². The molecule has 4 nitrogen and oxygen atoms in total. The predicted octanol–water partition coefficient (Wildman–Crippen LogP) is 3.17. The molecule has 2 fully saturated rings. The van der Waals surface area contributed by atoms with E-state index in [1.807, 2.05) is 18.2 Å². The van der Waals surface area contributed by atoms with Crippen LogP contribution in [0.1, 0.15) is 36.0 Å². The van der Waals surface area contributed by atoms with Crippen molar-refractivity contribution in [1.82, 2.24) is 9.88 Å². The molecule has 2 aromatic rings. The summed E-state index contributed by atoms with van der Waals surface area (Å²) in [6.45, 7) is 4.73. The average molecular weight is 315 g/mol.